The summed E-state index contributed by atoms with van der Waals surface area (Å²) in [6.45, 7) is 7.83. The number of likely N-dealkylation sites (N-methyl/N-ethyl adjacent to an activating group) is 1. The molecule has 0 bridgehead atoms. The number of hydrogen-bond donors (Lipinski definition) is 1. The molecule has 0 aliphatic carbocycles. The third-order valence-corrected chi connectivity index (χ3v) is 3.20. The van der Waals surface area contributed by atoms with Gasteiger partial charge in [0.05, 0.1) is 0 Å². The van der Waals surface area contributed by atoms with Crippen molar-refractivity contribution in [2.75, 3.05) is 45.2 Å². The standard InChI is InChI=1S/C16H28FN3/c1-13(2)12-20(10-9-19(3)4)16-6-5-15(17)11-14(16)7-8-18/h5-6,11,13H,7-10,12,18H2,1-4H3. The molecule has 2 N–H and O–H groups in total. The van der Waals surface area contributed by atoms with E-state index in [2.05, 4.69) is 37.7 Å². The maximum Gasteiger partial charge on any atom is 0.123 e. The van der Waals surface area contributed by atoms with E-state index in [1.54, 1.807) is 12.1 Å². The molecule has 0 fully saturated rings. The number of hydrogen-bond acceptors (Lipinski definition) is 3. The van der Waals surface area contributed by atoms with Crippen LogP contribution in [-0.4, -0.2) is 45.2 Å². The van der Waals surface area contributed by atoms with E-state index in [4.69, 9.17) is 5.73 Å². The van der Waals surface area contributed by atoms with Crippen LogP contribution in [-0.2, 0) is 6.42 Å². The van der Waals surface area contributed by atoms with Crippen molar-refractivity contribution in [2.45, 2.75) is 20.3 Å². The minimum Gasteiger partial charge on any atom is -0.370 e. The molecule has 3 nitrogen and oxygen atoms in total. The molecule has 0 saturated carbocycles. The molecule has 0 aliphatic rings. The molecule has 0 saturated heterocycles. The van der Waals surface area contributed by atoms with Crippen molar-refractivity contribution < 1.29 is 4.39 Å². The largest absolute Gasteiger partial charge is 0.370 e. The fourth-order valence-electron chi connectivity index (χ4n) is 2.29. The SMILES string of the molecule is CC(C)CN(CCN(C)C)c1ccc(F)cc1CCN. The molecule has 1 aromatic carbocycles. The highest BCUT2D eigenvalue weighted by atomic mass is 19.1. The summed E-state index contributed by atoms with van der Waals surface area (Å²) in [6, 6.07) is 5.04. The third-order valence-electron chi connectivity index (χ3n) is 3.20. The van der Waals surface area contributed by atoms with Gasteiger partial charge in [0, 0.05) is 25.3 Å². The third kappa shape index (κ3) is 5.47. The summed E-state index contributed by atoms with van der Waals surface area (Å²) in [4.78, 5) is 4.51. The van der Waals surface area contributed by atoms with Crippen LogP contribution in [0, 0.1) is 11.7 Å². The Morgan fingerprint density at radius 3 is 2.45 bits per heavy atom. The van der Waals surface area contributed by atoms with Crippen molar-refractivity contribution in [2.24, 2.45) is 11.7 Å². The zero-order valence-electron chi connectivity index (χ0n) is 13.2. The van der Waals surface area contributed by atoms with E-state index in [1.807, 2.05) is 6.07 Å². The average molecular weight is 281 g/mol. The maximum atomic E-state index is 13.4. The number of benzene rings is 1. The van der Waals surface area contributed by atoms with Gasteiger partial charge < -0.3 is 15.5 Å². The smallest absolute Gasteiger partial charge is 0.123 e. The van der Waals surface area contributed by atoms with Crippen LogP contribution in [0.4, 0.5) is 10.1 Å². The van der Waals surface area contributed by atoms with Crippen LogP contribution < -0.4 is 10.6 Å². The second-order valence-electron chi connectivity index (χ2n) is 5.95. The van der Waals surface area contributed by atoms with Crippen molar-refractivity contribution in [3.05, 3.63) is 29.6 Å². The first-order chi connectivity index (χ1) is 9.43. The van der Waals surface area contributed by atoms with Gasteiger partial charge in [-0.25, -0.2) is 4.39 Å². The Morgan fingerprint density at radius 2 is 1.90 bits per heavy atom. The lowest BCUT2D eigenvalue weighted by atomic mass is 10.1. The lowest BCUT2D eigenvalue weighted by molar-refractivity contribution is 0.409. The van der Waals surface area contributed by atoms with Crippen molar-refractivity contribution in [1.82, 2.24) is 4.90 Å². The first-order valence-electron chi connectivity index (χ1n) is 7.32. The molecule has 0 aliphatic heterocycles. The highest BCUT2D eigenvalue weighted by molar-refractivity contribution is 5.54. The average Bonchev–Trinajstić information content (AvgIpc) is 2.35. The molecule has 114 valence electrons. The molecule has 0 heterocycles. The second-order valence-corrected chi connectivity index (χ2v) is 5.95. The summed E-state index contributed by atoms with van der Waals surface area (Å²) >= 11 is 0. The number of nitrogens with two attached hydrogens (primary N) is 1. The molecular weight excluding hydrogens is 253 g/mol. The topological polar surface area (TPSA) is 32.5 Å². The molecule has 20 heavy (non-hydrogen) atoms. The van der Waals surface area contributed by atoms with Crippen molar-refractivity contribution >= 4 is 5.69 Å². The van der Waals surface area contributed by atoms with Crippen LogP contribution in [0.2, 0.25) is 0 Å². The molecule has 4 heteroatoms. The monoisotopic (exact) mass is 281 g/mol. The van der Waals surface area contributed by atoms with Gasteiger partial charge in [-0.15, -0.1) is 0 Å². The van der Waals surface area contributed by atoms with Crippen LogP contribution in [0.3, 0.4) is 0 Å². The quantitative estimate of drug-likeness (QED) is 0.794. The summed E-state index contributed by atoms with van der Waals surface area (Å²) in [7, 11) is 4.14. The first kappa shape index (κ1) is 16.9. The predicted octanol–water partition coefficient (Wildman–Crippen LogP) is 2.35. The fraction of sp³-hybridized carbons (Fsp3) is 0.625. The highest BCUT2D eigenvalue weighted by Gasteiger charge is 2.13. The molecule has 0 radical (unpaired) electrons. The molecule has 1 rings (SSSR count). The van der Waals surface area contributed by atoms with E-state index >= 15 is 0 Å². The zero-order chi connectivity index (χ0) is 15.1. The van der Waals surface area contributed by atoms with E-state index in [-0.39, 0.29) is 5.82 Å². The summed E-state index contributed by atoms with van der Waals surface area (Å²) in [6.07, 6.45) is 0.712. The van der Waals surface area contributed by atoms with E-state index in [9.17, 15) is 4.39 Å². The number of anilines is 1. The Kier molecular flexibility index (Phi) is 6.96. The minimum atomic E-state index is -0.186. The van der Waals surface area contributed by atoms with Gasteiger partial charge in [-0.2, -0.15) is 0 Å². The van der Waals surface area contributed by atoms with E-state index in [1.165, 1.54) is 0 Å². The predicted molar refractivity (Wildman–Crippen MR) is 84.8 cm³/mol. The van der Waals surface area contributed by atoms with Gasteiger partial charge in [0.1, 0.15) is 5.82 Å². The molecule has 0 aromatic heterocycles. The lowest BCUT2D eigenvalue weighted by Gasteiger charge is -2.30. The lowest BCUT2D eigenvalue weighted by Crippen LogP contribution is -2.35. The van der Waals surface area contributed by atoms with Crippen molar-refractivity contribution in [1.29, 1.82) is 0 Å². The maximum absolute atomic E-state index is 13.4. The highest BCUT2D eigenvalue weighted by Crippen LogP contribution is 2.23. The van der Waals surface area contributed by atoms with Crippen molar-refractivity contribution in [3.63, 3.8) is 0 Å². The summed E-state index contributed by atoms with van der Waals surface area (Å²) < 4.78 is 13.4. The Balaban J connectivity index is 2.98. The zero-order valence-corrected chi connectivity index (χ0v) is 13.2. The van der Waals surface area contributed by atoms with Gasteiger partial charge >= 0.3 is 0 Å². The molecule has 0 unspecified atom stereocenters. The molecular formula is C16H28FN3. The molecule has 0 spiro atoms. The Bertz CT molecular complexity index is 405. The van der Waals surface area contributed by atoms with Crippen LogP contribution in [0.1, 0.15) is 19.4 Å². The van der Waals surface area contributed by atoms with Gasteiger partial charge in [0.15, 0.2) is 0 Å². The van der Waals surface area contributed by atoms with Gasteiger partial charge in [-0.3, -0.25) is 0 Å². The Morgan fingerprint density at radius 1 is 1.20 bits per heavy atom. The van der Waals surface area contributed by atoms with Crippen LogP contribution in [0.5, 0.6) is 0 Å². The molecule has 1 aromatic rings. The van der Waals surface area contributed by atoms with Crippen LogP contribution in [0.15, 0.2) is 18.2 Å². The Labute approximate surface area is 122 Å². The van der Waals surface area contributed by atoms with E-state index in [0.717, 1.165) is 30.9 Å². The van der Waals surface area contributed by atoms with E-state index in [0.29, 0.717) is 18.9 Å². The van der Waals surface area contributed by atoms with E-state index < -0.39 is 0 Å². The van der Waals surface area contributed by atoms with Gasteiger partial charge in [-0.05, 0) is 56.7 Å². The van der Waals surface area contributed by atoms with Crippen LogP contribution >= 0.6 is 0 Å². The number of halogens is 1. The number of rotatable bonds is 8. The van der Waals surface area contributed by atoms with Gasteiger partial charge in [0.2, 0.25) is 0 Å². The molecule has 0 amide bonds. The fourth-order valence-corrected chi connectivity index (χ4v) is 2.29. The normalized spacial score (nSPS) is 11.4. The van der Waals surface area contributed by atoms with Crippen molar-refractivity contribution in [3.8, 4) is 0 Å². The number of nitrogens with zero attached hydrogens (tertiary/aromatic N) is 2. The van der Waals surface area contributed by atoms with Gasteiger partial charge in [-0.1, -0.05) is 13.8 Å². The minimum absolute atomic E-state index is 0.186. The molecule has 0 atom stereocenters. The van der Waals surface area contributed by atoms with Crippen LogP contribution in [0.25, 0.3) is 0 Å². The summed E-state index contributed by atoms with van der Waals surface area (Å²) in [5, 5.41) is 0. The summed E-state index contributed by atoms with van der Waals surface area (Å²) in [5.74, 6) is 0.377. The van der Waals surface area contributed by atoms with Gasteiger partial charge in [0.25, 0.3) is 0 Å². The summed E-state index contributed by atoms with van der Waals surface area (Å²) in [5.41, 5.74) is 7.78. The first-order valence-corrected chi connectivity index (χ1v) is 7.32. The second kappa shape index (κ2) is 8.22. The Hall–Kier alpha value is -1.13.